The minimum atomic E-state index is 0.361. The van der Waals surface area contributed by atoms with Crippen LogP contribution in [-0.4, -0.2) is 7.05 Å². The highest BCUT2D eigenvalue weighted by molar-refractivity contribution is 6.42. The molecule has 0 radical (unpaired) electrons. The molecule has 1 aromatic carbocycles. The van der Waals surface area contributed by atoms with Gasteiger partial charge in [-0.05, 0) is 43.5 Å². The molecule has 18 heavy (non-hydrogen) atoms. The number of nitrogens with one attached hydrogen (secondary N) is 1. The first kappa shape index (κ1) is 15.8. The smallest absolute Gasteiger partial charge is 0.0595 e. The van der Waals surface area contributed by atoms with Gasteiger partial charge in [0.2, 0.25) is 0 Å². The van der Waals surface area contributed by atoms with Crippen molar-refractivity contribution in [2.45, 2.75) is 45.6 Å². The van der Waals surface area contributed by atoms with Gasteiger partial charge in [-0.25, -0.2) is 0 Å². The lowest BCUT2D eigenvalue weighted by molar-refractivity contribution is 0.331. The third-order valence-electron chi connectivity index (χ3n) is 3.40. The summed E-state index contributed by atoms with van der Waals surface area (Å²) in [4.78, 5) is 0. The number of hydrogen-bond donors (Lipinski definition) is 1. The van der Waals surface area contributed by atoms with Crippen molar-refractivity contribution in [2.75, 3.05) is 7.05 Å². The van der Waals surface area contributed by atoms with Crippen LogP contribution in [-0.2, 0) is 0 Å². The topological polar surface area (TPSA) is 12.0 Å². The summed E-state index contributed by atoms with van der Waals surface area (Å²) in [5.41, 5.74) is 1.24. The molecule has 0 saturated carbocycles. The van der Waals surface area contributed by atoms with Gasteiger partial charge in [0, 0.05) is 6.04 Å². The van der Waals surface area contributed by atoms with E-state index in [1.165, 1.54) is 31.2 Å². The van der Waals surface area contributed by atoms with Crippen molar-refractivity contribution in [1.82, 2.24) is 5.32 Å². The van der Waals surface area contributed by atoms with Crippen LogP contribution in [0.1, 0.15) is 51.1 Å². The molecule has 0 bridgehead atoms. The Labute approximate surface area is 121 Å². The molecule has 1 aromatic rings. The van der Waals surface area contributed by atoms with Crippen LogP contribution in [0.4, 0.5) is 0 Å². The van der Waals surface area contributed by atoms with E-state index in [1.807, 2.05) is 19.2 Å². The van der Waals surface area contributed by atoms with E-state index in [0.717, 1.165) is 0 Å². The lowest BCUT2D eigenvalue weighted by atomic mass is 9.86. The molecule has 1 rings (SSSR count). The highest BCUT2D eigenvalue weighted by Gasteiger charge is 2.20. The fourth-order valence-electron chi connectivity index (χ4n) is 2.60. The van der Waals surface area contributed by atoms with Crippen LogP contribution in [0.5, 0.6) is 0 Å². The molecule has 0 aliphatic rings. The Morgan fingerprint density at radius 3 is 2.11 bits per heavy atom. The monoisotopic (exact) mass is 287 g/mol. The maximum Gasteiger partial charge on any atom is 0.0595 e. The van der Waals surface area contributed by atoms with Crippen molar-refractivity contribution in [1.29, 1.82) is 0 Å². The number of rotatable bonds is 7. The lowest BCUT2D eigenvalue weighted by Crippen LogP contribution is -2.25. The van der Waals surface area contributed by atoms with Crippen LogP contribution in [0.15, 0.2) is 18.2 Å². The lowest BCUT2D eigenvalue weighted by Gasteiger charge is -2.27. The maximum absolute atomic E-state index is 6.11. The van der Waals surface area contributed by atoms with E-state index >= 15 is 0 Å². The van der Waals surface area contributed by atoms with Gasteiger partial charge < -0.3 is 5.32 Å². The summed E-state index contributed by atoms with van der Waals surface area (Å²) >= 11 is 12.1. The van der Waals surface area contributed by atoms with Gasteiger partial charge in [0.05, 0.1) is 10.0 Å². The fraction of sp³-hybridized carbons (Fsp3) is 0.600. The van der Waals surface area contributed by atoms with E-state index in [9.17, 15) is 0 Å². The Balaban J connectivity index is 2.94. The largest absolute Gasteiger partial charge is 0.313 e. The van der Waals surface area contributed by atoms with Crippen molar-refractivity contribution in [3.8, 4) is 0 Å². The summed E-state index contributed by atoms with van der Waals surface area (Å²) in [7, 11) is 2.02. The first-order valence-electron chi connectivity index (χ1n) is 6.76. The normalized spacial score (nSPS) is 13.0. The molecule has 1 nitrogen and oxygen atoms in total. The summed E-state index contributed by atoms with van der Waals surface area (Å²) in [5, 5.41) is 4.70. The van der Waals surface area contributed by atoms with Gasteiger partial charge in [-0.3, -0.25) is 0 Å². The zero-order chi connectivity index (χ0) is 13.5. The SMILES string of the molecule is CCCC(CCC)C(NC)c1ccc(Cl)c(Cl)c1. The predicted molar refractivity (Wildman–Crippen MR) is 81.6 cm³/mol. The van der Waals surface area contributed by atoms with Crippen molar-refractivity contribution >= 4 is 23.2 Å². The average molecular weight is 288 g/mol. The molecule has 0 amide bonds. The zero-order valence-corrected chi connectivity index (χ0v) is 13.0. The Kier molecular flexibility index (Phi) is 7.06. The Morgan fingerprint density at radius 1 is 1.06 bits per heavy atom. The van der Waals surface area contributed by atoms with E-state index in [-0.39, 0.29) is 0 Å². The van der Waals surface area contributed by atoms with Crippen LogP contribution < -0.4 is 5.32 Å². The molecule has 0 aliphatic carbocycles. The second-order valence-corrected chi connectivity index (χ2v) is 5.59. The summed E-state index contributed by atoms with van der Waals surface area (Å²) in [6, 6.07) is 6.31. The summed E-state index contributed by atoms with van der Waals surface area (Å²) < 4.78 is 0. The second kappa shape index (κ2) is 8.04. The Morgan fingerprint density at radius 2 is 1.67 bits per heavy atom. The standard InChI is InChI=1S/C15H23Cl2N/c1-4-6-11(7-5-2)15(18-3)12-8-9-13(16)14(17)10-12/h8-11,15,18H,4-7H2,1-3H3. The van der Waals surface area contributed by atoms with Gasteiger partial charge in [-0.15, -0.1) is 0 Å². The minimum Gasteiger partial charge on any atom is -0.313 e. The minimum absolute atomic E-state index is 0.361. The number of benzene rings is 1. The van der Waals surface area contributed by atoms with Gasteiger partial charge in [0.1, 0.15) is 0 Å². The molecule has 0 aromatic heterocycles. The molecule has 1 unspecified atom stereocenters. The van der Waals surface area contributed by atoms with Crippen LogP contribution in [0.2, 0.25) is 10.0 Å². The van der Waals surface area contributed by atoms with E-state index in [1.54, 1.807) is 0 Å². The maximum atomic E-state index is 6.11. The molecule has 102 valence electrons. The third kappa shape index (κ3) is 4.15. The fourth-order valence-corrected chi connectivity index (χ4v) is 2.91. The quantitative estimate of drug-likeness (QED) is 0.701. The van der Waals surface area contributed by atoms with Gasteiger partial charge in [-0.1, -0.05) is 56.0 Å². The predicted octanol–water partition coefficient (Wildman–Crippen LogP) is 5.47. The molecule has 1 N–H and O–H groups in total. The van der Waals surface area contributed by atoms with Crippen molar-refractivity contribution in [3.05, 3.63) is 33.8 Å². The Hall–Kier alpha value is -0.240. The van der Waals surface area contributed by atoms with Gasteiger partial charge in [0.15, 0.2) is 0 Å². The van der Waals surface area contributed by atoms with E-state index < -0.39 is 0 Å². The molecule has 0 heterocycles. The van der Waals surface area contributed by atoms with Crippen LogP contribution >= 0.6 is 23.2 Å². The summed E-state index contributed by atoms with van der Waals surface area (Å²) in [5.74, 6) is 0.655. The highest BCUT2D eigenvalue weighted by atomic mass is 35.5. The third-order valence-corrected chi connectivity index (χ3v) is 4.14. The van der Waals surface area contributed by atoms with Crippen LogP contribution in [0, 0.1) is 5.92 Å². The molecule has 3 heteroatoms. The van der Waals surface area contributed by atoms with E-state index in [2.05, 4.69) is 25.2 Å². The molecular weight excluding hydrogens is 265 g/mol. The number of halogens is 2. The van der Waals surface area contributed by atoms with Crippen LogP contribution in [0.25, 0.3) is 0 Å². The molecule has 0 saturated heterocycles. The summed E-state index contributed by atoms with van der Waals surface area (Å²) in [6.07, 6.45) is 4.90. The van der Waals surface area contributed by atoms with Gasteiger partial charge in [0.25, 0.3) is 0 Å². The second-order valence-electron chi connectivity index (χ2n) is 4.78. The first-order chi connectivity index (χ1) is 8.63. The average Bonchev–Trinajstić information content (AvgIpc) is 2.35. The molecule has 1 atom stereocenters. The number of hydrogen-bond acceptors (Lipinski definition) is 1. The van der Waals surface area contributed by atoms with E-state index in [4.69, 9.17) is 23.2 Å². The zero-order valence-electron chi connectivity index (χ0n) is 11.5. The van der Waals surface area contributed by atoms with E-state index in [0.29, 0.717) is 22.0 Å². The first-order valence-corrected chi connectivity index (χ1v) is 7.51. The van der Waals surface area contributed by atoms with Crippen molar-refractivity contribution in [3.63, 3.8) is 0 Å². The van der Waals surface area contributed by atoms with Crippen molar-refractivity contribution < 1.29 is 0 Å². The van der Waals surface area contributed by atoms with Crippen LogP contribution in [0.3, 0.4) is 0 Å². The van der Waals surface area contributed by atoms with Crippen molar-refractivity contribution in [2.24, 2.45) is 5.92 Å². The summed E-state index contributed by atoms with van der Waals surface area (Å²) in [6.45, 7) is 4.48. The Bertz CT molecular complexity index is 360. The molecule has 0 fully saturated rings. The van der Waals surface area contributed by atoms with Gasteiger partial charge >= 0.3 is 0 Å². The van der Waals surface area contributed by atoms with Gasteiger partial charge in [-0.2, -0.15) is 0 Å². The molecule has 0 spiro atoms. The molecule has 0 aliphatic heterocycles. The highest BCUT2D eigenvalue weighted by Crippen LogP contribution is 2.32. The molecular formula is C15H23Cl2N.